The van der Waals surface area contributed by atoms with Crippen LogP contribution in [-0.4, -0.2) is 9.78 Å². The summed E-state index contributed by atoms with van der Waals surface area (Å²) in [6.07, 6.45) is 2.49. The molecule has 0 atom stereocenters. The van der Waals surface area contributed by atoms with Gasteiger partial charge in [-0.25, -0.2) is 0 Å². The minimum Gasteiger partial charge on any atom is -0.269 e. The molecule has 0 radical (unpaired) electrons. The first kappa shape index (κ1) is 10.7. The molecule has 1 aromatic rings. The first-order valence-electron chi connectivity index (χ1n) is 6.01. The summed E-state index contributed by atoms with van der Waals surface area (Å²) >= 11 is 0. The average Bonchev–Trinajstić information content (AvgIpc) is 2.56. The summed E-state index contributed by atoms with van der Waals surface area (Å²) < 4.78 is 2.23. The highest BCUT2D eigenvalue weighted by atomic mass is 15.3. The Labute approximate surface area is 92.7 Å². The molecule has 0 saturated carbocycles. The maximum atomic E-state index is 4.80. The van der Waals surface area contributed by atoms with Crippen LogP contribution in [0, 0.1) is 0 Å². The van der Waals surface area contributed by atoms with Crippen LogP contribution in [0.2, 0.25) is 0 Å². The van der Waals surface area contributed by atoms with Gasteiger partial charge in [-0.05, 0) is 24.3 Å². The number of rotatable bonds is 1. The summed E-state index contributed by atoms with van der Waals surface area (Å²) in [5.74, 6) is 0.598. The zero-order chi connectivity index (χ0) is 11.2. The van der Waals surface area contributed by atoms with Gasteiger partial charge in [-0.2, -0.15) is 5.10 Å². The molecule has 0 fully saturated rings. The van der Waals surface area contributed by atoms with Gasteiger partial charge < -0.3 is 0 Å². The SMILES string of the molecule is CC(C)c1c(C(C)(C)C)nn2c1CCC2. The fourth-order valence-corrected chi connectivity index (χ4v) is 2.52. The fourth-order valence-electron chi connectivity index (χ4n) is 2.52. The third kappa shape index (κ3) is 1.70. The molecule has 0 bridgehead atoms. The molecule has 2 nitrogen and oxygen atoms in total. The van der Waals surface area contributed by atoms with Gasteiger partial charge in [0, 0.05) is 17.7 Å². The minimum atomic E-state index is 0.178. The van der Waals surface area contributed by atoms with Crippen LogP contribution in [0.4, 0.5) is 0 Å². The molecule has 0 unspecified atom stereocenters. The van der Waals surface area contributed by atoms with Gasteiger partial charge in [0.1, 0.15) is 0 Å². The Bertz CT molecular complexity index is 367. The summed E-state index contributed by atoms with van der Waals surface area (Å²) in [7, 11) is 0. The first-order chi connectivity index (χ1) is 6.91. The van der Waals surface area contributed by atoms with Crippen molar-refractivity contribution in [3.63, 3.8) is 0 Å². The van der Waals surface area contributed by atoms with Crippen molar-refractivity contribution in [1.82, 2.24) is 9.78 Å². The molecule has 0 spiro atoms. The quantitative estimate of drug-likeness (QED) is 0.689. The summed E-state index contributed by atoms with van der Waals surface area (Å²) in [5.41, 5.74) is 4.50. The Morgan fingerprint density at radius 2 is 1.93 bits per heavy atom. The number of aromatic nitrogens is 2. The van der Waals surface area contributed by atoms with Gasteiger partial charge >= 0.3 is 0 Å². The topological polar surface area (TPSA) is 17.8 Å². The number of nitrogens with zero attached hydrogens (tertiary/aromatic N) is 2. The molecule has 15 heavy (non-hydrogen) atoms. The van der Waals surface area contributed by atoms with Crippen LogP contribution in [0.15, 0.2) is 0 Å². The van der Waals surface area contributed by atoms with E-state index in [4.69, 9.17) is 5.10 Å². The van der Waals surface area contributed by atoms with Gasteiger partial charge in [0.2, 0.25) is 0 Å². The molecule has 0 aromatic carbocycles. The molecule has 0 N–H and O–H groups in total. The Kier molecular flexibility index (Phi) is 2.40. The van der Waals surface area contributed by atoms with Gasteiger partial charge in [-0.3, -0.25) is 4.68 Å². The third-order valence-corrected chi connectivity index (χ3v) is 3.17. The van der Waals surface area contributed by atoms with E-state index in [1.807, 2.05) is 0 Å². The van der Waals surface area contributed by atoms with E-state index in [9.17, 15) is 0 Å². The molecule has 0 amide bonds. The van der Waals surface area contributed by atoms with E-state index in [1.165, 1.54) is 29.8 Å². The second-order valence-corrected chi connectivity index (χ2v) is 5.94. The zero-order valence-corrected chi connectivity index (χ0v) is 10.6. The van der Waals surface area contributed by atoms with E-state index in [0.29, 0.717) is 5.92 Å². The highest BCUT2D eigenvalue weighted by Gasteiger charge is 2.29. The van der Waals surface area contributed by atoms with Crippen LogP contribution in [-0.2, 0) is 18.4 Å². The summed E-state index contributed by atoms with van der Waals surface area (Å²) in [4.78, 5) is 0. The summed E-state index contributed by atoms with van der Waals surface area (Å²) in [6.45, 7) is 12.5. The van der Waals surface area contributed by atoms with Crippen molar-refractivity contribution in [2.24, 2.45) is 0 Å². The Hall–Kier alpha value is -0.790. The van der Waals surface area contributed by atoms with Crippen LogP contribution in [0.3, 0.4) is 0 Å². The molecule has 1 aliphatic rings. The lowest BCUT2D eigenvalue weighted by atomic mass is 9.85. The highest BCUT2D eigenvalue weighted by molar-refractivity contribution is 5.35. The fraction of sp³-hybridized carbons (Fsp3) is 0.769. The van der Waals surface area contributed by atoms with Crippen molar-refractivity contribution in [1.29, 1.82) is 0 Å². The predicted molar refractivity (Wildman–Crippen MR) is 63.3 cm³/mol. The van der Waals surface area contributed by atoms with E-state index >= 15 is 0 Å². The van der Waals surface area contributed by atoms with Crippen molar-refractivity contribution >= 4 is 0 Å². The average molecular weight is 206 g/mol. The van der Waals surface area contributed by atoms with Gasteiger partial charge in [-0.15, -0.1) is 0 Å². The number of fused-ring (bicyclic) bond motifs is 1. The third-order valence-electron chi connectivity index (χ3n) is 3.17. The van der Waals surface area contributed by atoms with Gasteiger partial charge in [0.05, 0.1) is 5.69 Å². The van der Waals surface area contributed by atoms with Crippen molar-refractivity contribution in [2.75, 3.05) is 0 Å². The van der Waals surface area contributed by atoms with Crippen molar-refractivity contribution in [3.05, 3.63) is 17.0 Å². The molecule has 84 valence electrons. The summed E-state index contributed by atoms with van der Waals surface area (Å²) in [5, 5.41) is 4.80. The predicted octanol–water partition coefficient (Wildman–Crippen LogP) is 3.25. The van der Waals surface area contributed by atoms with Gasteiger partial charge in [0.25, 0.3) is 0 Å². The normalized spacial score (nSPS) is 16.1. The largest absolute Gasteiger partial charge is 0.269 e. The maximum Gasteiger partial charge on any atom is 0.0715 e. The van der Waals surface area contributed by atoms with Crippen LogP contribution in [0.25, 0.3) is 0 Å². The molecular formula is C13H22N2. The molecule has 0 saturated heterocycles. The number of aryl methyl sites for hydroxylation is 1. The standard InChI is InChI=1S/C13H22N2/c1-9(2)11-10-7-6-8-15(10)14-12(11)13(3,4)5/h9H,6-8H2,1-5H3. The zero-order valence-electron chi connectivity index (χ0n) is 10.6. The van der Waals surface area contributed by atoms with Crippen molar-refractivity contribution < 1.29 is 0 Å². The van der Waals surface area contributed by atoms with Crippen LogP contribution in [0.1, 0.15) is 63.9 Å². The van der Waals surface area contributed by atoms with Gasteiger partial charge in [0.15, 0.2) is 0 Å². The second kappa shape index (κ2) is 3.36. The Balaban J connectivity index is 2.56. The van der Waals surface area contributed by atoms with Crippen LogP contribution in [0.5, 0.6) is 0 Å². The minimum absolute atomic E-state index is 0.178. The summed E-state index contributed by atoms with van der Waals surface area (Å²) in [6, 6.07) is 0. The molecule has 1 aromatic heterocycles. The van der Waals surface area contributed by atoms with E-state index in [0.717, 1.165) is 6.54 Å². The van der Waals surface area contributed by atoms with Crippen molar-refractivity contribution in [3.8, 4) is 0 Å². The van der Waals surface area contributed by atoms with Crippen molar-refractivity contribution in [2.45, 2.75) is 65.3 Å². The molecule has 2 rings (SSSR count). The van der Waals surface area contributed by atoms with Gasteiger partial charge in [-0.1, -0.05) is 34.6 Å². The lowest BCUT2D eigenvalue weighted by molar-refractivity contribution is 0.532. The van der Waals surface area contributed by atoms with Crippen LogP contribution >= 0.6 is 0 Å². The highest BCUT2D eigenvalue weighted by Crippen LogP contribution is 2.34. The molecular weight excluding hydrogens is 184 g/mol. The van der Waals surface area contributed by atoms with E-state index in [2.05, 4.69) is 39.3 Å². The molecule has 1 aliphatic heterocycles. The van der Waals surface area contributed by atoms with E-state index < -0.39 is 0 Å². The lowest BCUT2D eigenvalue weighted by Crippen LogP contribution is -2.16. The Morgan fingerprint density at radius 3 is 2.47 bits per heavy atom. The molecule has 2 heterocycles. The molecule has 0 aliphatic carbocycles. The monoisotopic (exact) mass is 206 g/mol. The van der Waals surface area contributed by atoms with E-state index in [1.54, 1.807) is 0 Å². The second-order valence-electron chi connectivity index (χ2n) is 5.94. The maximum absolute atomic E-state index is 4.80. The van der Waals surface area contributed by atoms with E-state index in [-0.39, 0.29) is 5.41 Å². The smallest absolute Gasteiger partial charge is 0.0715 e. The molecule has 2 heteroatoms. The van der Waals surface area contributed by atoms with Crippen LogP contribution < -0.4 is 0 Å². The number of hydrogen-bond acceptors (Lipinski definition) is 1. The lowest BCUT2D eigenvalue weighted by Gasteiger charge is -2.19. The first-order valence-corrected chi connectivity index (χ1v) is 6.01. The Morgan fingerprint density at radius 1 is 1.27 bits per heavy atom. The number of hydrogen-bond donors (Lipinski definition) is 0.